The van der Waals surface area contributed by atoms with Crippen LogP contribution in [0.3, 0.4) is 0 Å². The quantitative estimate of drug-likeness (QED) is 0.813. The Hall–Kier alpha value is -1.72. The zero-order valence-electron chi connectivity index (χ0n) is 11.6. The molecule has 2 aliphatic heterocycles. The van der Waals surface area contributed by atoms with Crippen molar-refractivity contribution in [2.45, 2.75) is 19.4 Å². The molecule has 2 atom stereocenters. The lowest BCUT2D eigenvalue weighted by molar-refractivity contribution is 0.0480. The van der Waals surface area contributed by atoms with Crippen LogP contribution in [0.2, 0.25) is 0 Å². The highest BCUT2D eigenvalue weighted by molar-refractivity contribution is 6.21. The molecule has 2 heterocycles. The van der Waals surface area contributed by atoms with Gasteiger partial charge in [0.05, 0.1) is 17.8 Å². The molecule has 20 heavy (non-hydrogen) atoms. The molecule has 1 aromatic rings. The van der Waals surface area contributed by atoms with Gasteiger partial charge < -0.3 is 5.73 Å². The van der Waals surface area contributed by atoms with Crippen LogP contribution in [0.4, 0.5) is 0 Å². The maximum Gasteiger partial charge on any atom is 0.262 e. The van der Waals surface area contributed by atoms with Crippen LogP contribution in [-0.4, -0.2) is 47.4 Å². The first-order valence-corrected chi connectivity index (χ1v) is 7.01. The molecule has 2 N–H and O–H groups in total. The lowest BCUT2D eigenvalue weighted by Crippen LogP contribution is -2.51. The number of carbonyl (C=O) groups is 2. The van der Waals surface area contributed by atoms with E-state index in [4.69, 9.17) is 5.73 Å². The molecule has 5 nitrogen and oxygen atoms in total. The van der Waals surface area contributed by atoms with E-state index in [1.807, 2.05) is 0 Å². The average Bonchev–Trinajstić information content (AvgIpc) is 2.69. The summed E-state index contributed by atoms with van der Waals surface area (Å²) in [5.41, 5.74) is 7.08. The van der Waals surface area contributed by atoms with Gasteiger partial charge in [0.2, 0.25) is 0 Å². The number of hydrogen-bond acceptors (Lipinski definition) is 4. The lowest BCUT2D eigenvalue weighted by Gasteiger charge is -2.36. The number of carbonyl (C=O) groups excluding carboxylic acids is 2. The molecule has 0 aromatic heterocycles. The van der Waals surface area contributed by atoms with Crippen molar-refractivity contribution in [1.82, 2.24) is 9.80 Å². The Balaban J connectivity index is 1.74. The Bertz CT molecular complexity index is 523. The molecule has 1 aromatic carbocycles. The number of benzene rings is 1. The van der Waals surface area contributed by atoms with Gasteiger partial charge in [0, 0.05) is 19.1 Å². The van der Waals surface area contributed by atoms with Crippen LogP contribution in [0.15, 0.2) is 24.3 Å². The van der Waals surface area contributed by atoms with Crippen molar-refractivity contribution in [2.24, 2.45) is 11.7 Å². The van der Waals surface area contributed by atoms with E-state index in [9.17, 15) is 9.59 Å². The molecule has 0 spiro atoms. The van der Waals surface area contributed by atoms with Crippen LogP contribution in [-0.2, 0) is 0 Å². The SMILES string of the molecule is CC1CCN(CN2C(=O)c3ccccc3C2=O)CC1N. The van der Waals surface area contributed by atoms with Gasteiger partial charge in [-0.3, -0.25) is 19.4 Å². The van der Waals surface area contributed by atoms with Gasteiger partial charge >= 0.3 is 0 Å². The van der Waals surface area contributed by atoms with Gasteiger partial charge in [-0.25, -0.2) is 0 Å². The summed E-state index contributed by atoms with van der Waals surface area (Å²) in [7, 11) is 0. The Morgan fingerprint density at radius 2 is 1.80 bits per heavy atom. The predicted octanol–water partition coefficient (Wildman–Crippen LogP) is 0.909. The van der Waals surface area contributed by atoms with Gasteiger partial charge in [-0.1, -0.05) is 19.1 Å². The van der Waals surface area contributed by atoms with E-state index in [2.05, 4.69) is 11.8 Å². The van der Waals surface area contributed by atoms with E-state index in [1.54, 1.807) is 24.3 Å². The van der Waals surface area contributed by atoms with Crippen molar-refractivity contribution < 1.29 is 9.59 Å². The van der Waals surface area contributed by atoms with Gasteiger partial charge in [-0.05, 0) is 24.5 Å². The summed E-state index contributed by atoms with van der Waals surface area (Å²) in [6.07, 6.45) is 1.00. The number of piperidine rings is 1. The molecular formula is C15H19N3O2. The third kappa shape index (κ3) is 2.13. The summed E-state index contributed by atoms with van der Waals surface area (Å²) in [5.74, 6) is 0.101. The summed E-state index contributed by atoms with van der Waals surface area (Å²) in [6, 6.07) is 7.09. The number of fused-ring (bicyclic) bond motifs is 1. The zero-order chi connectivity index (χ0) is 14.3. The summed E-state index contributed by atoms with van der Waals surface area (Å²) in [6.45, 7) is 4.09. The Kier molecular flexibility index (Phi) is 3.31. The number of likely N-dealkylation sites (tertiary alicyclic amines) is 1. The van der Waals surface area contributed by atoms with Crippen molar-refractivity contribution in [2.75, 3.05) is 19.8 Å². The number of nitrogens with zero attached hydrogens (tertiary/aromatic N) is 2. The van der Waals surface area contributed by atoms with Crippen LogP contribution < -0.4 is 5.73 Å². The maximum absolute atomic E-state index is 12.3. The molecule has 0 bridgehead atoms. The Labute approximate surface area is 118 Å². The van der Waals surface area contributed by atoms with Crippen molar-refractivity contribution >= 4 is 11.8 Å². The van der Waals surface area contributed by atoms with E-state index in [1.165, 1.54) is 4.90 Å². The average molecular weight is 273 g/mol. The van der Waals surface area contributed by atoms with E-state index in [-0.39, 0.29) is 17.9 Å². The maximum atomic E-state index is 12.3. The molecular weight excluding hydrogens is 254 g/mol. The summed E-state index contributed by atoms with van der Waals surface area (Å²) in [5, 5.41) is 0. The molecule has 0 aliphatic carbocycles. The number of rotatable bonds is 2. The highest BCUT2D eigenvalue weighted by Gasteiger charge is 2.36. The first-order chi connectivity index (χ1) is 9.58. The third-order valence-corrected chi connectivity index (χ3v) is 4.32. The highest BCUT2D eigenvalue weighted by atomic mass is 16.2. The highest BCUT2D eigenvalue weighted by Crippen LogP contribution is 2.24. The van der Waals surface area contributed by atoms with Crippen LogP contribution in [0, 0.1) is 5.92 Å². The van der Waals surface area contributed by atoms with Gasteiger partial charge in [-0.2, -0.15) is 0 Å². The first kappa shape index (κ1) is 13.3. The first-order valence-electron chi connectivity index (χ1n) is 7.01. The second kappa shape index (κ2) is 5.00. The molecule has 3 rings (SSSR count). The predicted molar refractivity (Wildman–Crippen MR) is 75.1 cm³/mol. The van der Waals surface area contributed by atoms with Crippen molar-refractivity contribution in [3.8, 4) is 0 Å². The normalized spacial score (nSPS) is 27.0. The summed E-state index contributed by atoms with van der Waals surface area (Å²) < 4.78 is 0. The van der Waals surface area contributed by atoms with Crippen molar-refractivity contribution in [1.29, 1.82) is 0 Å². The third-order valence-electron chi connectivity index (χ3n) is 4.32. The van der Waals surface area contributed by atoms with E-state index < -0.39 is 0 Å². The standard InChI is InChI=1S/C15H19N3O2/c1-10-6-7-17(8-13(10)16)9-18-14(19)11-4-2-3-5-12(11)15(18)20/h2-5,10,13H,6-9,16H2,1H3. The summed E-state index contributed by atoms with van der Waals surface area (Å²) >= 11 is 0. The van der Waals surface area contributed by atoms with E-state index in [0.717, 1.165) is 19.5 Å². The number of nitrogens with two attached hydrogens (primary N) is 1. The molecule has 2 aliphatic rings. The lowest BCUT2D eigenvalue weighted by atomic mass is 9.95. The minimum atomic E-state index is -0.196. The second-order valence-corrected chi connectivity index (χ2v) is 5.73. The van der Waals surface area contributed by atoms with Gasteiger partial charge in [0.1, 0.15) is 0 Å². The molecule has 0 radical (unpaired) electrons. The fourth-order valence-corrected chi connectivity index (χ4v) is 2.87. The smallest absolute Gasteiger partial charge is 0.262 e. The molecule has 1 saturated heterocycles. The van der Waals surface area contributed by atoms with E-state index >= 15 is 0 Å². The summed E-state index contributed by atoms with van der Waals surface area (Å²) in [4.78, 5) is 28.0. The molecule has 106 valence electrons. The number of hydrogen-bond donors (Lipinski definition) is 1. The molecule has 1 fully saturated rings. The molecule has 5 heteroatoms. The van der Waals surface area contributed by atoms with Crippen LogP contribution >= 0.6 is 0 Å². The minimum absolute atomic E-state index is 0.110. The van der Waals surface area contributed by atoms with Gasteiger partial charge in [-0.15, -0.1) is 0 Å². The fraction of sp³-hybridized carbons (Fsp3) is 0.467. The minimum Gasteiger partial charge on any atom is -0.326 e. The fourth-order valence-electron chi connectivity index (χ4n) is 2.87. The van der Waals surface area contributed by atoms with Gasteiger partial charge in [0.25, 0.3) is 11.8 Å². The topological polar surface area (TPSA) is 66.6 Å². The van der Waals surface area contributed by atoms with Crippen LogP contribution in [0.1, 0.15) is 34.1 Å². The Morgan fingerprint density at radius 1 is 1.20 bits per heavy atom. The Morgan fingerprint density at radius 3 is 2.35 bits per heavy atom. The van der Waals surface area contributed by atoms with Crippen LogP contribution in [0.25, 0.3) is 0 Å². The second-order valence-electron chi connectivity index (χ2n) is 5.73. The van der Waals surface area contributed by atoms with Gasteiger partial charge in [0.15, 0.2) is 0 Å². The largest absolute Gasteiger partial charge is 0.326 e. The number of amides is 2. The van der Waals surface area contributed by atoms with Crippen molar-refractivity contribution in [3.05, 3.63) is 35.4 Å². The molecule has 0 saturated carbocycles. The zero-order valence-corrected chi connectivity index (χ0v) is 11.6. The molecule has 2 amide bonds. The monoisotopic (exact) mass is 273 g/mol. The molecule has 2 unspecified atom stereocenters. The van der Waals surface area contributed by atoms with E-state index in [0.29, 0.717) is 23.7 Å². The number of imide groups is 1. The van der Waals surface area contributed by atoms with Crippen LogP contribution in [0.5, 0.6) is 0 Å². The van der Waals surface area contributed by atoms with Crippen molar-refractivity contribution in [3.63, 3.8) is 0 Å².